The molecular formula is C15H20N2O. The molecule has 3 rings (SSSR count). The number of carbonyl (C=O) groups excluding carboxylic acids is 1. The van der Waals surface area contributed by atoms with Crippen LogP contribution in [0.1, 0.15) is 24.8 Å². The highest BCUT2D eigenvalue weighted by atomic mass is 16.2. The molecule has 0 radical (unpaired) electrons. The Kier molecular flexibility index (Phi) is 3.33. The number of hydrogen-bond acceptors (Lipinski definition) is 2. The molecule has 0 aliphatic carbocycles. The van der Waals surface area contributed by atoms with Crippen molar-refractivity contribution in [3.05, 3.63) is 29.8 Å². The van der Waals surface area contributed by atoms with E-state index >= 15 is 0 Å². The number of aryl methyl sites for hydroxylation is 1. The number of anilines is 1. The Labute approximate surface area is 108 Å². The van der Waals surface area contributed by atoms with E-state index in [1.54, 1.807) is 0 Å². The lowest BCUT2D eigenvalue weighted by atomic mass is 9.95. The first kappa shape index (κ1) is 11.7. The first-order valence-electron chi connectivity index (χ1n) is 6.96. The predicted octanol–water partition coefficient (Wildman–Crippen LogP) is 1.97. The van der Waals surface area contributed by atoms with Crippen LogP contribution < -0.4 is 10.2 Å². The van der Waals surface area contributed by atoms with E-state index in [-0.39, 0.29) is 5.92 Å². The van der Waals surface area contributed by atoms with Crippen molar-refractivity contribution in [2.24, 2.45) is 5.92 Å². The summed E-state index contributed by atoms with van der Waals surface area (Å²) in [4.78, 5) is 14.6. The summed E-state index contributed by atoms with van der Waals surface area (Å²) in [5.41, 5.74) is 2.46. The quantitative estimate of drug-likeness (QED) is 0.819. The van der Waals surface area contributed by atoms with Crippen molar-refractivity contribution in [1.82, 2.24) is 5.32 Å². The first-order valence-corrected chi connectivity index (χ1v) is 6.96. The number of benzene rings is 1. The van der Waals surface area contributed by atoms with E-state index in [1.165, 1.54) is 5.56 Å². The molecule has 18 heavy (non-hydrogen) atoms. The van der Waals surface area contributed by atoms with E-state index in [1.807, 2.05) is 11.0 Å². The summed E-state index contributed by atoms with van der Waals surface area (Å²) < 4.78 is 0. The second-order valence-corrected chi connectivity index (χ2v) is 5.27. The zero-order valence-corrected chi connectivity index (χ0v) is 10.7. The molecule has 0 saturated carbocycles. The van der Waals surface area contributed by atoms with Gasteiger partial charge in [-0.1, -0.05) is 18.2 Å². The van der Waals surface area contributed by atoms with Crippen LogP contribution in [0.4, 0.5) is 5.69 Å². The molecular weight excluding hydrogens is 224 g/mol. The molecule has 1 fully saturated rings. The van der Waals surface area contributed by atoms with Crippen LogP contribution in [0.15, 0.2) is 24.3 Å². The fourth-order valence-electron chi connectivity index (χ4n) is 3.05. The van der Waals surface area contributed by atoms with Gasteiger partial charge in [0.15, 0.2) is 0 Å². The Morgan fingerprint density at radius 1 is 1.28 bits per heavy atom. The summed E-state index contributed by atoms with van der Waals surface area (Å²) in [6.07, 6.45) is 4.34. The van der Waals surface area contributed by atoms with E-state index in [4.69, 9.17) is 0 Å². The minimum atomic E-state index is 0.171. The third-order valence-electron chi connectivity index (χ3n) is 4.02. The van der Waals surface area contributed by atoms with Gasteiger partial charge in [0.1, 0.15) is 0 Å². The van der Waals surface area contributed by atoms with E-state index in [0.29, 0.717) is 5.91 Å². The van der Waals surface area contributed by atoms with Gasteiger partial charge in [-0.15, -0.1) is 0 Å². The van der Waals surface area contributed by atoms with Crippen LogP contribution >= 0.6 is 0 Å². The van der Waals surface area contributed by atoms with E-state index in [0.717, 1.165) is 51.0 Å². The van der Waals surface area contributed by atoms with Gasteiger partial charge in [0, 0.05) is 18.8 Å². The Morgan fingerprint density at radius 3 is 3.00 bits per heavy atom. The molecule has 2 heterocycles. The number of carbonyl (C=O) groups is 1. The third kappa shape index (κ3) is 2.15. The van der Waals surface area contributed by atoms with Gasteiger partial charge in [-0.25, -0.2) is 0 Å². The van der Waals surface area contributed by atoms with Crippen LogP contribution in [0.3, 0.4) is 0 Å². The van der Waals surface area contributed by atoms with Crippen LogP contribution in [-0.2, 0) is 11.2 Å². The van der Waals surface area contributed by atoms with E-state index in [2.05, 4.69) is 23.5 Å². The fraction of sp³-hybridized carbons (Fsp3) is 0.533. The third-order valence-corrected chi connectivity index (χ3v) is 4.02. The largest absolute Gasteiger partial charge is 0.316 e. The highest BCUT2D eigenvalue weighted by Gasteiger charge is 2.29. The first-order chi connectivity index (χ1) is 8.86. The molecule has 1 amide bonds. The van der Waals surface area contributed by atoms with Crippen molar-refractivity contribution in [2.45, 2.75) is 25.7 Å². The fourth-order valence-corrected chi connectivity index (χ4v) is 3.05. The van der Waals surface area contributed by atoms with Gasteiger partial charge in [0.05, 0.1) is 5.92 Å². The van der Waals surface area contributed by atoms with Crippen molar-refractivity contribution in [3.8, 4) is 0 Å². The van der Waals surface area contributed by atoms with Gasteiger partial charge in [0.25, 0.3) is 0 Å². The number of hydrogen-bond donors (Lipinski definition) is 1. The summed E-state index contributed by atoms with van der Waals surface area (Å²) in [6, 6.07) is 8.33. The average molecular weight is 244 g/mol. The second-order valence-electron chi connectivity index (χ2n) is 5.27. The molecule has 0 unspecified atom stereocenters. The number of piperidine rings is 1. The summed E-state index contributed by atoms with van der Waals surface area (Å²) >= 11 is 0. The second kappa shape index (κ2) is 5.11. The SMILES string of the molecule is O=C([C@@H]1CCCNC1)N1CCCc2ccccc21. The van der Waals surface area contributed by atoms with Crippen molar-refractivity contribution in [3.63, 3.8) is 0 Å². The summed E-state index contributed by atoms with van der Waals surface area (Å²) in [6.45, 7) is 2.78. The van der Waals surface area contributed by atoms with Crippen LogP contribution in [-0.4, -0.2) is 25.5 Å². The number of fused-ring (bicyclic) bond motifs is 1. The van der Waals surface area contributed by atoms with Gasteiger partial charge in [-0.2, -0.15) is 0 Å². The molecule has 96 valence electrons. The predicted molar refractivity (Wildman–Crippen MR) is 72.7 cm³/mol. The topological polar surface area (TPSA) is 32.3 Å². The summed E-state index contributed by atoms with van der Waals surface area (Å²) in [5.74, 6) is 0.485. The summed E-state index contributed by atoms with van der Waals surface area (Å²) in [7, 11) is 0. The Hall–Kier alpha value is -1.35. The molecule has 2 aliphatic rings. The van der Waals surface area contributed by atoms with Gasteiger partial charge < -0.3 is 10.2 Å². The van der Waals surface area contributed by atoms with Gasteiger partial charge >= 0.3 is 0 Å². The molecule has 1 aromatic carbocycles. The Bertz CT molecular complexity index is 438. The lowest BCUT2D eigenvalue weighted by Crippen LogP contribution is -2.45. The molecule has 1 N–H and O–H groups in total. The zero-order valence-electron chi connectivity index (χ0n) is 10.7. The number of para-hydroxylation sites is 1. The molecule has 3 heteroatoms. The van der Waals surface area contributed by atoms with Crippen molar-refractivity contribution >= 4 is 11.6 Å². The lowest BCUT2D eigenvalue weighted by Gasteiger charge is -2.33. The smallest absolute Gasteiger partial charge is 0.231 e. The number of nitrogens with one attached hydrogen (secondary N) is 1. The van der Waals surface area contributed by atoms with E-state index < -0.39 is 0 Å². The highest BCUT2D eigenvalue weighted by molar-refractivity contribution is 5.96. The standard InChI is InChI=1S/C15H20N2O/c18-15(13-6-3-9-16-11-13)17-10-4-7-12-5-1-2-8-14(12)17/h1-2,5,8,13,16H,3-4,6-7,9-11H2/t13-/m1/s1. The van der Waals surface area contributed by atoms with Crippen LogP contribution in [0.25, 0.3) is 0 Å². The van der Waals surface area contributed by atoms with Gasteiger partial charge in [-0.3, -0.25) is 4.79 Å². The van der Waals surface area contributed by atoms with E-state index in [9.17, 15) is 4.79 Å². The normalized spacial score (nSPS) is 23.6. The van der Waals surface area contributed by atoms with Crippen molar-refractivity contribution in [1.29, 1.82) is 0 Å². The molecule has 2 aliphatic heterocycles. The Balaban J connectivity index is 1.82. The van der Waals surface area contributed by atoms with Crippen LogP contribution in [0.5, 0.6) is 0 Å². The molecule has 0 spiro atoms. The maximum absolute atomic E-state index is 12.6. The lowest BCUT2D eigenvalue weighted by molar-refractivity contribution is -0.122. The molecule has 0 bridgehead atoms. The average Bonchev–Trinajstić information content (AvgIpc) is 2.47. The van der Waals surface area contributed by atoms with Crippen molar-refractivity contribution < 1.29 is 4.79 Å². The zero-order chi connectivity index (χ0) is 12.4. The number of nitrogens with zero attached hydrogens (tertiary/aromatic N) is 1. The monoisotopic (exact) mass is 244 g/mol. The minimum Gasteiger partial charge on any atom is -0.316 e. The molecule has 3 nitrogen and oxygen atoms in total. The highest BCUT2D eigenvalue weighted by Crippen LogP contribution is 2.28. The van der Waals surface area contributed by atoms with Gasteiger partial charge in [0.2, 0.25) is 5.91 Å². The van der Waals surface area contributed by atoms with Gasteiger partial charge in [-0.05, 0) is 43.9 Å². The molecule has 0 aromatic heterocycles. The maximum Gasteiger partial charge on any atom is 0.231 e. The van der Waals surface area contributed by atoms with Crippen molar-refractivity contribution in [2.75, 3.05) is 24.5 Å². The Morgan fingerprint density at radius 2 is 2.17 bits per heavy atom. The summed E-state index contributed by atoms with van der Waals surface area (Å²) in [5, 5.41) is 3.33. The molecule has 1 atom stereocenters. The maximum atomic E-state index is 12.6. The molecule has 1 aromatic rings. The molecule has 1 saturated heterocycles. The van der Waals surface area contributed by atoms with Crippen LogP contribution in [0.2, 0.25) is 0 Å². The number of rotatable bonds is 1. The van der Waals surface area contributed by atoms with Crippen LogP contribution in [0, 0.1) is 5.92 Å². The minimum absolute atomic E-state index is 0.171. The number of amides is 1.